The maximum absolute atomic E-state index is 9.53. The number of aromatic hydroxyl groups is 1. The van der Waals surface area contributed by atoms with Gasteiger partial charge in [-0.1, -0.05) is 19.1 Å². The Hall–Kier alpha value is -1.06. The van der Waals surface area contributed by atoms with E-state index in [1.807, 2.05) is 12.1 Å². The van der Waals surface area contributed by atoms with Crippen molar-refractivity contribution in [3.05, 3.63) is 29.8 Å². The summed E-state index contributed by atoms with van der Waals surface area (Å²) < 4.78 is 0. The number of hydrogen-bond acceptors (Lipinski definition) is 3. The minimum Gasteiger partial charge on any atom is -0.508 e. The first-order valence-electron chi connectivity index (χ1n) is 6.94. The SMILES string of the molecule is CCC1CN(Cc2cccc(O)c2)C(C)CCN1. The van der Waals surface area contributed by atoms with E-state index in [2.05, 4.69) is 30.1 Å². The van der Waals surface area contributed by atoms with Gasteiger partial charge in [0, 0.05) is 25.2 Å². The Balaban J connectivity index is 2.05. The third-order valence-electron chi connectivity index (χ3n) is 3.86. The minimum atomic E-state index is 0.361. The van der Waals surface area contributed by atoms with Crippen LogP contribution in [0, 0.1) is 0 Å². The predicted octanol–water partition coefficient (Wildman–Crippen LogP) is 2.35. The van der Waals surface area contributed by atoms with Crippen molar-refractivity contribution in [1.29, 1.82) is 0 Å². The average molecular weight is 248 g/mol. The zero-order valence-electron chi connectivity index (χ0n) is 11.4. The molecule has 2 rings (SSSR count). The second-order valence-electron chi connectivity index (χ2n) is 5.30. The number of phenolic OH excluding ortho intramolecular Hbond substituents is 1. The lowest BCUT2D eigenvalue weighted by molar-refractivity contribution is 0.194. The molecule has 3 nitrogen and oxygen atoms in total. The fourth-order valence-electron chi connectivity index (χ4n) is 2.59. The number of phenols is 1. The van der Waals surface area contributed by atoms with Crippen LogP contribution in [0.5, 0.6) is 5.75 Å². The molecule has 18 heavy (non-hydrogen) atoms. The molecule has 1 aromatic carbocycles. The van der Waals surface area contributed by atoms with Crippen LogP contribution >= 0.6 is 0 Å². The highest BCUT2D eigenvalue weighted by Gasteiger charge is 2.21. The van der Waals surface area contributed by atoms with E-state index in [0.29, 0.717) is 17.8 Å². The summed E-state index contributed by atoms with van der Waals surface area (Å²) in [6.07, 6.45) is 2.36. The van der Waals surface area contributed by atoms with Gasteiger partial charge in [-0.25, -0.2) is 0 Å². The first-order valence-corrected chi connectivity index (χ1v) is 6.94. The molecular formula is C15H24N2O. The molecule has 0 saturated carbocycles. The van der Waals surface area contributed by atoms with E-state index >= 15 is 0 Å². The molecule has 1 aromatic rings. The van der Waals surface area contributed by atoms with Gasteiger partial charge < -0.3 is 10.4 Å². The van der Waals surface area contributed by atoms with Gasteiger partial charge in [-0.3, -0.25) is 4.90 Å². The van der Waals surface area contributed by atoms with Gasteiger partial charge in [0.05, 0.1) is 0 Å². The van der Waals surface area contributed by atoms with Crippen LogP contribution in [-0.4, -0.2) is 35.2 Å². The predicted molar refractivity (Wildman–Crippen MR) is 74.7 cm³/mol. The second-order valence-corrected chi connectivity index (χ2v) is 5.30. The van der Waals surface area contributed by atoms with Crippen molar-refractivity contribution in [1.82, 2.24) is 10.2 Å². The highest BCUT2D eigenvalue weighted by atomic mass is 16.3. The standard InChI is InChI=1S/C15H24N2O/c1-3-14-11-17(12(2)7-8-16-14)10-13-5-4-6-15(18)9-13/h4-6,9,12,14,16,18H,3,7-8,10-11H2,1-2H3. The number of benzene rings is 1. The van der Waals surface area contributed by atoms with Crippen LogP contribution < -0.4 is 5.32 Å². The molecule has 100 valence electrons. The zero-order valence-corrected chi connectivity index (χ0v) is 11.4. The van der Waals surface area contributed by atoms with Crippen LogP contribution in [-0.2, 0) is 6.54 Å². The van der Waals surface area contributed by atoms with E-state index in [0.717, 1.165) is 19.6 Å². The van der Waals surface area contributed by atoms with E-state index in [4.69, 9.17) is 0 Å². The van der Waals surface area contributed by atoms with Gasteiger partial charge in [0.1, 0.15) is 5.75 Å². The van der Waals surface area contributed by atoms with Crippen molar-refractivity contribution in [2.24, 2.45) is 0 Å². The number of nitrogens with zero attached hydrogens (tertiary/aromatic N) is 1. The Labute approximate surface area is 110 Å². The Morgan fingerprint density at radius 3 is 3.00 bits per heavy atom. The molecule has 0 spiro atoms. The molecule has 2 atom stereocenters. The van der Waals surface area contributed by atoms with E-state index in [1.54, 1.807) is 6.07 Å². The maximum atomic E-state index is 9.53. The lowest BCUT2D eigenvalue weighted by Gasteiger charge is -2.28. The van der Waals surface area contributed by atoms with Gasteiger partial charge in [-0.2, -0.15) is 0 Å². The van der Waals surface area contributed by atoms with Crippen molar-refractivity contribution in [2.45, 2.75) is 45.3 Å². The number of rotatable bonds is 3. The third kappa shape index (κ3) is 3.47. The summed E-state index contributed by atoms with van der Waals surface area (Å²) in [5, 5.41) is 13.1. The molecule has 0 aliphatic carbocycles. The number of nitrogens with one attached hydrogen (secondary N) is 1. The van der Waals surface area contributed by atoms with Crippen molar-refractivity contribution >= 4 is 0 Å². The van der Waals surface area contributed by atoms with E-state index in [1.165, 1.54) is 18.4 Å². The van der Waals surface area contributed by atoms with E-state index in [9.17, 15) is 5.11 Å². The third-order valence-corrected chi connectivity index (χ3v) is 3.86. The summed E-state index contributed by atoms with van der Waals surface area (Å²) in [5.41, 5.74) is 1.19. The van der Waals surface area contributed by atoms with Crippen LogP contribution in [0.25, 0.3) is 0 Å². The van der Waals surface area contributed by atoms with Gasteiger partial charge in [0.2, 0.25) is 0 Å². The largest absolute Gasteiger partial charge is 0.508 e. The first-order chi connectivity index (χ1) is 8.69. The molecule has 1 aliphatic heterocycles. The summed E-state index contributed by atoms with van der Waals surface area (Å²) in [7, 11) is 0. The summed E-state index contributed by atoms with van der Waals surface area (Å²) in [6, 6.07) is 8.79. The quantitative estimate of drug-likeness (QED) is 0.862. The molecular weight excluding hydrogens is 224 g/mol. The first kappa shape index (κ1) is 13.4. The summed E-state index contributed by atoms with van der Waals surface area (Å²) in [6.45, 7) is 7.65. The summed E-state index contributed by atoms with van der Waals surface area (Å²) >= 11 is 0. The van der Waals surface area contributed by atoms with E-state index < -0.39 is 0 Å². The molecule has 1 saturated heterocycles. The Morgan fingerprint density at radius 1 is 1.44 bits per heavy atom. The van der Waals surface area contributed by atoms with Crippen molar-refractivity contribution in [3.8, 4) is 5.75 Å². The fraction of sp³-hybridized carbons (Fsp3) is 0.600. The minimum absolute atomic E-state index is 0.361. The molecule has 2 unspecified atom stereocenters. The van der Waals surface area contributed by atoms with Crippen LogP contribution in [0.2, 0.25) is 0 Å². The highest BCUT2D eigenvalue weighted by Crippen LogP contribution is 2.17. The van der Waals surface area contributed by atoms with Crippen molar-refractivity contribution in [3.63, 3.8) is 0 Å². The van der Waals surface area contributed by atoms with Crippen molar-refractivity contribution < 1.29 is 5.11 Å². The molecule has 1 fully saturated rings. The zero-order chi connectivity index (χ0) is 13.0. The van der Waals surface area contributed by atoms with Crippen LogP contribution in [0.15, 0.2) is 24.3 Å². The summed E-state index contributed by atoms with van der Waals surface area (Å²) in [4.78, 5) is 2.52. The Morgan fingerprint density at radius 2 is 2.28 bits per heavy atom. The normalized spacial score (nSPS) is 25.9. The number of hydrogen-bond donors (Lipinski definition) is 2. The molecule has 1 heterocycles. The van der Waals surface area contributed by atoms with Gasteiger partial charge in [0.15, 0.2) is 0 Å². The van der Waals surface area contributed by atoms with E-state index in [-0.39, 0.29) is 0 Å². The molecule has 0 bridgehead atoms. The van der Waals surface area contributed by atoms with Gasteiger partial charge in [-0.15, -0.1) is 0 Å². The Bertz CT molecular complexity index is 381. The summed E-state index contributed by atoms with van der Waals surface area (Å²) in [5.74, 6) is 0.361. The molecule has 0 aromatic heterocycles. The van der Waals surface area contributed by atoms with Gasteiger partial charge in [0.25, 0.3) is 0 Å². The maximum Gasteiger partial charge on any atom is 0.115 e. The van der Waals surface area contributed by atoms with Crippen LogP contribution in [0.4, 0.5) is 0 Å². The highest BCUT2D eigenvalue weighted by molar-refractivity contribution is 5.27. The monoisotopic (exact) mass is 248 g/mol. The molecule has 1 aliphatic rings. The molecule has 2 N–H and O–H groups in total. The molecule has 0 amide bonds. The second kappa shape index (κ2) is 6.21. The molecule has 3 heteroatoms. The van der Waals surface area contributed by atoms with Gasteiger partial charge in [-0.05, 0) is 44.0 Å². The van der Waals surface area contributed by atoms with Crippen LogP contribution in [0.1, 0.15) is 32.3 Å². The van der Waals surface area contributed by atoms with Crippen LogP contribution in [0.3, 0.4) is 0 Å². The van der Waals surface area contributed by atoms with Gasteiger partial charge >= 0.3 is 0 Å². The van der Waals surface area contributed by atoms with Crippen molar-refractivity contribution in [2.75, 3.05) is 13.1 Å². The Kier molecular flexibility index (Phi) is 4.61. The topological polar surface area (TPSA) is 35.5 Å². The lowest BCUT2D eigenvalue weighted by Crippen LogP contribution is -2.39. The smallest absolute Gasteiger partial charge is 0.115 e. The lowest BCUT2D eigenvalue weighted by atomic mass is 10.1. The fourth-order valence-corrected chi connectivity index (χ4v) is 2.59. The molecule has 0 radical (unpaired) electrons. The average Bonchev–Trinajstić information content (AvgIpc) is 2.52.